The summed E-state index contributed by atoms with van der Waals surface area (Å²) >= 11 is 0. The molecule has 20 heavy (non-hydrogen) atoms. The van der Waals surface area contributed by atoms with Crippen LogP contribution in [-0.2, 0) is 6.54 Å². The zero-order valence-electron chi connectivity index (χ0n) is 12.0. The highest BCUT2D eigenvalue weighted by Gasteiger charge is 2.10. The third kappa shape index (κ3) is 3.13. The summed E-state index contributed by atoms with van der Waals surface area (Å²) in [6.07, 6.45) is 5.89. The lowest BCUT2D eigenvalue weighted by Crippen LogP contribution is -2.29. The number of H-pyrrole nitrogens is 1. The standard InChI is InChI=1S/C16H22N4/c1-13-17-11-15(19-13)12-18-14-5-7-16(8-6-14)20-9-3-2-4-10-20/h5-8,11,18H,2-4,9-10,12H2,1H3,(H,17,19). The lowest BCUT2D eigenvalue weighted by atomic mass is 10.1. The predicted octanol–water partition coefficient (Wildman–Crippen LogP) is 3.32. The number of aromatic amines is 1. The summed E-state index contributed by atoms with van der Waals surface area (Å²) < 4.78 is 0. The van der Waals surface area contributed by atoms with Gasteiger partial charge in [0.05, 0.1) is 18.4 Å². The van der Waals surface area contributed by atoms with Crippen molar-refractivity contribution in [1.29, 1.82) is 0 Å². The quantitative estimate of drug-likeness (QED) is 0.895. The van der Waals surface area contributed by atoms with Crippen molar-refractivity contribution in [2.45, 2.75) is 32.7 Å². The third-order valence-electron chi connectivity index (χ3n) is 3.83. The van der Waals surface area contributed by atoms with Gasteiger partial charge < -0.3 is 15.2 Å². The Balaban J connectivity index is 1.58. The van der Waals surface area contributed by atoms with Crippen LogP contribution in [0.5, 0.6) is 0 Å². The Morgan fingerprint density at radius 1 is 1.15 bits per heavy atom. The molecule has 1 aliphatic heterocycles. The Morgan fingerprint density at radius 2 is 1.90 bits per heavy atom. The van der Waals surface area contributed by atoms with Gasteiger partial charge in [0.1, 0.15) is 5.82 Å². The van der Waals surface area contributed by atoms with E-state index in [1.807, 2.05) is 13.1 Å². The third-order valence-corrected chi connectivity index (χ3v) is 3.83. The average molecular weight is 270 g/mol. The molecule has 0 aliphatic carbocycles. The van der Waals surface area contributed by atoms with Gasteiger partial charge in [0.25, 0.3) is 0 Å². The molecule has 1 aromatic carbocycles. The van der Waals surface area contributed by atoms with Crippen molar-refractivity contribution in [3.63, 3.8) is 0 Å². The van der Waals surface area contributed by atoms with Gasteiger partial charge in [-0.1, -0.05) is 0 Å². The van der Waals surface area contributed by atoms with E-state index < -0.39 is 0 Å². The molecule has 2 heterocycles. The molecule has 1 saturated heterocycles. The van der Waals surface area contributed by atoms with Crippen LogP contribution in [0.4, 0.5) is 11.4 Å². The van der Waals surface area contributed by atoms with Crippen LogP contribution in [0.3, 0.4) is 0 Å². The van der Waals surface area contributed by atoms with E-state index in [1.54, 1.807) is 0 Å². The number of nitrogens with zero attached hydrogens (tertiary/aromatic N) is 2. The van der Waals surface area contributed by atoms with Gasteiger partial charge in [-0.15, -0.1) is 0 Å². The highest BCUT2D eigenvalue weighted by atomic mass is 15.1. The lowest BCUT2D eigenvalue weighted by Gasteiger charge is -2.28. The highest BCUT2D eigenvalue weighted by Crippen LogP contribution is 2.21. The van der Waals surface area contributed by atoms with E-state index in [2.05, 4.69) is 44.5 Å². The van der Waals surface area contributed by atoms with Crippen molar-refractivity contribution < 1.29 is 0 Å². The Kier molecular flexibility index (Phi) is 3.90. The van der Waals surface area contributed by atoms with Crippen molar-refractivity contribution in [3.05, 3.63) is 42.0 Å². The van der Waals surface area contributed by atoms with Crippen LogP contribution in [0, 0.1) is 6.92 Å². The number of aromatic nitrogens is 2. The van der Waals surface area contributed by atoms with Crippen LogP contribution in [0.2, 0.25) is 0 Å². The molecule has 2 N–H and O–H groups in total. The summed E-state index contributed by atoms with van der Waals surface area (Å²) in [7, 11) is 0. The van der Waals surface area contributed by atoms with E-state index in [4.69, 9.17) is 0 Å². The number of piperidine rings is 1. The summed E-state index contributed by atoms with van der Waals surface area (Å²) in [5.74, 6) is 0.960. The molecule has 4 nitrogen and oxygen atoms in total. The predicted molar refractivity (Wildman–Crippen MR) is 83.2 cm³/mol. The van der Waals surface area contributed by atoms with Crippen molar-refractivity contribution >= 4 is 11.4 Å². The average Bonchev–Trinajstić information content (AvgIpc) is 2.92. The minimum absolute atomic E-state index is 0.782. The normalized spacial score (nSPS) is 15.3. The second kappa shape index (κ2) is 5.99. The van der Waals surface area contributed by atoms with Gasteiger partial charge in [-0.25, -0.2) is 4.98 Å². The maximum Gasteiger partial charge on any atom is 0.103 e. The summed E-state index contributed by atoms with van der Waals surface area (Å²) in [6, 6.07) is 8.75. The molecule has 1 aliphatic rings. The smallest absolute Gasteiger partial charge is 0.103 e. The van der Waals surface area contributed by atoms with E-state index in [-0.39, 0.29) is 0 Å². The number of anilines is 2. The van der Waals surface area contributed by atoms with E-state index in [9.17, 15) is 0 Å². The first kappa shape index (κ1) is 13.0. The van der Waals surface area contributed by atoms with Gasteiger partial charge in [0.2, 0.25) is 0 Å². The van der Waals surface area contributed by atoms with E-state index in [0.29, 0.717) is 0 Å². The molecule has 3 rings (SSSR count). The van der Waals surface area contributed by atoms with Crippen LogP contribution in [-0.4, -0.2) is 23.1 Å². The maximum atomic E-state index is 4.20. The highest BCUT2D eigenvalue weighted by molar-refractivity contribution is 5.55. The first-order valence-electron chi connectivity index (χ1n) is 7.41. The molecule has 0 radical (unpaired) electrons. The van der Waals surface area contributed by atoms with Gasteiger partial charge in [-0.05, 0) is 50.5 Å². The molecular weight excluding hydrogens is 248 g/mol. The van der Waals surface area contributed by atoms with Gasteiger partial charge >= 0.3 is 0 Å². The number of benzene rings is 1. The minimum atomic E-state index is 0.782. The van der Waals surface area contributed by atoms with Crippen LogP contribution in [0.1, 0.15) is 30.8 Å². The summed E-state index contributed by atoms with van der Waals surface area (Å²) in [6.45, 7) is 5.14. The van der Waals surface area contributed by atoms with Crippen LogP contribution >= 0.6 is 0 Å². The minimum Gasteiger partial charge on any atom is -0.379 e. The first-order chi connectivity index (χ1) is 9.81. The number of hydrogen-bond acceptors (Lipinski definition) is 3. The molecule has 0 unspecified atom stereocenters. The molecule has 1 aromatic heterocycles. The second-order valence-electron chi connectivity index (χ2n) is 5.44. The van der Waals surface area contributed by atoms with Crippen molar-refractivity contribution in [3.8, 4) is 0 Å². The van der Waals surface area contributed by atoms with Crippen LogP contribution < -0.4 is 10.2 Å². The van der Waals surface area contributed by atoms with E-state index in [1.165, 1.54) is 38.0 Å². The largest absolute Gasteiger partial charge is 0.379 e. The summed E-state index contributed by atoms with van der Waals surface area (Å²) in [5, 5.41) is 3.41. The zero-order chi connectivity index (χ0) is 13.8. The number of aryl methyl sites for hydroxylation is 1. The fraction of sp³-hybridized carbons (Fsp3) is 0.438. The Labute approximate surface area is 120 Å². The molecule has 106 valence electrons. The van der Waals surface area contributed by atoms with E-state index in [0.717, 1.165) is 23.8 Å². The van der Waals surface area contributed by atoms with Gasteiger partial charge in [-0.3, -0.25) is 0 Å². The molecular formula is C16H22N4. The van der Waals surface area contributed by atoms with Crippen molar-refractivity contribution in [2.75, 3.05) is 23.3 Å². The van der Waals surface area contributed by atoms with Gasteiger partial charge in [0, 0.05) is 24.5 Å². The molecule has 0 amide bonds. The number of rotatable bonds is 4. The van der Waals surface area contributed by atoms with Crippen LogP contribution in [0.25, 0.3) is 0 Å². The Bertz CT molecular complexity index is 538. The van der Waals surface area contributed by atoms with E-state index >= 15 is 0 Å². The molecule has 0 spiro atoms. The maximum absolute atomic E-state index is 4.20. The van der Waals surface area contributed by atoms with Crippen molar-refractivity contribution in [2.24, 2.45) is 0 Å². The summed E-state index contributed by atoms with van der Waals surface area (Å²) in [5.41, 5.74) is 3.60. The number of nitrogens with one attached hydrogen (secondary N) is 2. The molecule has 4 heteroatoms. The van der Waals surface area contributed by atoms with Gasteiger partial charge in [0.15, 0.2) is 0 Å². The number of hydrogen-bond donors (Lipinski definition) is 2. The monoisotopic (exact) mass is 270 g/mol. The fourth-order valence-corrected chi connectivity index (χ4v) is 2.70. The fourth-order valence-electron chi connectivity index (χ4n) is 2.70. The lowest BCUT2D eigenvalue weighted by molar-refractivity contribution is 0.578. The molecule has 0 atom stereocenters. The van der Waals surface area contributed by atoms with Gasteiger partial charge in [-0.2, -0.15) is 0 Å². The second-order valence-corrected chi connectivity index (χ2v) is 5.44. The Morgan fingerprint density at radius 3 is 2.55 bits per heavy atom. The first-order valence-corrected chi connectivity index (χ1v) is 7.41. The molecule has 2 aromatic rings. The summed E-state index contributed by atoms with van der Waals surface area (Å²) in [4.78, 5) is 9.91. The Hall–Kier alpha value is -1.97. The molecule has 1 fully saturated rings. The van der Waals surface area contributed by atoms with Crippen LogP contribution in [0.15, 0.2) is 30.5 Å². The topological polar surface area (TPSA) is 44.0 Å². The molecule has 0 bridgehead atoms. The van der Waals surface area contributed by atoms with Crippen molar-refractivity contribution in [1.82, 2.24) is 9.97 Å². The zero-order valence-corrected chi connectivity index (χ0v) is 12.0. The number of imidazole rings is 1. The molecule has 0 saturated carbocycles. The SMILES string of the molecule is Cc1ncc(CNc2ccc(N3CCCCC3)cc2)[nH]1.